The highest BCUT2D eigenvalue weighted by molar-refractivity contribution is 5.91. The number of hydrogen-bond donors (Lipinski definition) is 2. The van der Waals surface area contributed by atoms with Crippen molar-refractivity contribution in [2.45, 2.75) is 18.9 Å². The average Bonchev–Trinajstić information content (AvgIpc) is 2.78. The molecule has 2 N–H and O–H groups in total. The summed E-state index contributed by atoms with van der Waals surface area (Å²) < 4.78 is 18.7. The highest BCUT2D eigenvalue weighted by Gasteiger charge is 2.19. The van der Waals surface area contributed by atoms with Gasteiger partial charge >= 0.3 is 5.97 Å². The summed E-state index contributed by atoms with van der Waals surface area (Å²) >= 11 is 0. The zero-order valence-electron chi connectivity index (χ0n) is 9.28. The van der Waals surface area contributed by atoms with E-state index >= 15 is 0 Å². The number of carboxylic acid groups (broad SMARTS) is 1. The van der Waals surface area contributed by atoms with Crippen molar-refractivity contribution in [3.63, 3.8) is 0 Å². The first kappa shape index (κ1) is 11.9. The second kappa shape index (κ2) is 5.14. The fraction of sp³-hybridized carbons (Fsp3) is 0.417. The van der Waals surface area contributed by atoms with Gasteiger partial charge in [-0.3, -0.25) is 0 Å². The zero-order valence-corrected chi connectivity index (χ0v) is 9.28. The van der Waals surface area contributed by atoms with Gasteiger partial charge < -0.3 is 15.2 Å². The molecule has 2 rings (SSSR count). The van der Waals surface area contributed by atoms with Gasteiger partial charge in [-0.05, 0) is 31.5 Å². The van der Waals surface area contributed by atoms with E-state index < -0.39 is 17.3 Å². The molecule has 0 bridgehead atoms. The molecule has 1 aromatic rings. The van der Waals surface area contributed by atoms with E-state index in [0.29, 0.717) is 6.61 Å². The lowest BCUT2D eigenvalue weighted by Gasteiger charge is -2.13. The third-order valence-corrected chi connectivity index (χ3v) is 2.79. The molecule has 1 fully saturated rings. The lowest BCUT2D eigenvalue weighted by molar-refractivity contribution is 0.0686. The zero-order chi connectivity index (χ0) is 12.3. The van der Waals surface area contributed by atoms with Gasteiger partial charge in [-0.15, -0.1) is 0 Å². The van der Waals surface area contributed by atoms with Crippen LogP contribution in [0.1, 0.15) is 23.2 Å². The monoisotopic (exact) mass is 239 g/mol. The number of carboxylic acids is 1. The van der Waals surface area contributed by atoms with Crippen LogP contribution in [0, 0.1) is 5.82 Å². The van der Waals surface area contributed by atoms with Gasteiger partial charge in [0.1, 0.15) is 23.7 Å². The van der Waals surface area contributed by atoms with Crippen LogP contribution in [0.2, 0.25) is 0 Å². The van der Waals surface area contributed by atoms with Gasteiger partial charge in [0.2, 0.25) is 0 Å². The quantitative estimate of drug-likeness (QED) is 0.838. The number of nitrogens with one attached hydrogen (secondary N) is 1. The maximum atomic E-state index is 13.3. The summed E-state index contributed by atoms with van der Waals surface area (Å²) in [5, 5.41) is 12.1. The van der Waals surface area contributed by atoms with Crippen LogP contribution in [0.25, 0.3) is 0 Å². The molecule has 0 radical (unpaired) electrons. The van der Waals surface area contributed by atoms with Crippen molar-refractivity contribution in [3.05, 3.63) is 29.6 Å². The van der Waals surface area contributed by atoms with Crippen LogP contribution in [-0.4, -0.2) is 30.3 Å². The normalized spacial score (nSPS) is 19.2. The van der Waals surface area contributed by atoms with Crippen LogP contribution in [0.15, 0.2) is 18.2 Å². The molecule has 0 saturated carbocycles. The van der Waals surface area contributed by atoms with Gasteiger partial charge in [0, 0.05) is 6.04 Å². The minimum absolute atomic E-state index is 0.0891. The van der Waals surface area contributed by atoms with Gasteiger partial charge in [0.25, 0.3) is 0 Å². The van der Waals surface area contributed by atoms with Crippen molar-refractivity contribution in [3.8, 4) is 5.75 Å². The molecule has 1 saturated heterocycles. The number of carbonyl (C=O) groups is 1. The van der Waals surface area contributed by atoms with Crippen LogP contribution in [0.4, 0.5) is 4.39 Å². The van der Waals surface area contributed by atoms with E-state index in [4.69, 9.17) is 9.84 Å². The highest BCUT2D eigenvalue weighted by atomic mass is 19.1. The van der Waals surface area contributed by atoms with E-state index in [1.807, 2.05) is 0 Å². The van der Waals surface area contributed by atoms with E-state index in [-0.39, 0.29) is 11.8 Å². The molecule has 1 aliphatic rings. The molecule has 1 unspecified atom stereocenters. The second-order valence-electron chi connectivity index (χ2n) is 4.02. The van der Waals surface area contributed by atoms with Gasteiger partial charge in [-0.1, -0.05) is 6.07 Å². The number of ether oxygens (including phenoxy) is 1. The molecule has 0 aliphatic carbocycles. The summed E-state index contributed by atoms with van der Waals surface area (Å²) in [6.45, 7) is 1.31. The van der Waals surface area contributed by atoms with Gasteiger partial charge in [-0.2, -0.15) is 0 Å². The summed E-state index contributed by atoms with van der Waals surface area (Å²) in [7, 11) is 0. The molecule has 1 atom stereocenters. The Balaban J connectivity index is 2.09. The van der Waals surface area contributed by atoms with Crippen molar-refractivity contribution in [1.29, 1.82) is 0 Å². The van der Waals surface area contributed by atoms with Crippen molar-refractivity contribution in [2.24, 2.45) is 0 Å². The molecule has 0 amide bonds. The van der Waals surface area contributed by atoms with E-state index in [2.05, 4.69) is 5.32 Å². The Morgan fingerprint density at radius 1 is 1.59 bits per heavy atom. The number of halogens is 1. The summed E-state index contributed by atoms with van der Waals surface area (Å²) in [5.74, 6) is -1.99. The summed E-state index contributed by atoms with van der Waals surface area (Å²) in [6, 6.07) is 4.25. The molecule has 0 aromatic heterocycles. The molecule has 17 heavy (non-hydrogen) atoms. The minimum atomic E-state index is -1.31. The van der Waals surface area contributed by atoms with Crippen molar-refractivity contribution in [1.82, 2.24) is 5.32 Å². The van der Waals surface area contributed by atoms with E-state index in [1.54, 1.807) is 0 Å². The molecular weight excluding hydrogens is 225 g/mol. The molecule has 92 valence electrons. The van der Waals surface area contributed by atoms with Gasteiger partial charge in [-0.25, -0.2) is 9.18 Å². The Bertz CT molecular complexity index is 416. The first-order valence-electron chi connectivity index (χ1n) is 5.56. The Morgan fingerprint density at radius 2 is 2.41 bits per heavy atom. The topological polar surface area (TPSA) is 58.6 Å². The lowest BCUT2D eigenvalue weighted by atomic mass is 10.2. The molecule has 5 heteroatoms. The smallest absolute Gasteiger partial charge is 0.342 e. The first-order chi connectivity index (χ1) is 8.18. The summed E-state index contributed by atoms with van der Waals surface area (Å²) in [6.07, 6.45) is 2.08. The maximum Gasteiger partial charge on any atom is 0.342 e. The molecule has 4 nitrogen and oxygen atoms in total. The van der Waals surface area contributed by atoms with Gasteiger partial charge in [0.05, 0.1) is 0 Å². The minimum Gasteiger partial charge on any atom is -0.491 e. The van der Waals surface area contributed by atoms with Crippen LogP contribution in [0.3, 0.4) is 0 Å². The summed E-state index contributed by atoms with van der Waals surface area (Å²) in [5.41, 5.74) is -0.398. The van der Waals surface area contributed by atoms with Crippen LogP contribution < -0.4 is 10.1 Å². The number of rotatable bonds is 4. The van der Waals surface area contributed by atoms with Crippen molar-refractivity contribution < 1.29 is 19.0 Å². The van der Waals surface area contributed by atoms with Crippen LogP contribution in [-0.2, 0) is 0 Å². The molecule has 1 aliphatic heterocycles. The van der Waals surface area contributed by atoms with E-state index in [9.17, 15) is 9.18 Å². The number of benzene rings is 1. The third-order valence-electron chi connectivity index (χ3n) is 2.79. The molecule has 1 aromatic carbocycles. The first-order valence-corrected chi connectivity index (χ1v) is 5.56. The fourth-order valence-electron chi connectivity index (χ4n) is 1.92. The highest BCUT2D eigenvalue weighted by Crippen LogP contribution is 2.22. The third kappa shape index (κ3) is 2.74. The molecule has 0 spiro atoms. The Morgan fingerprint density at radius 3 is 3.06 bits per heavy atom. The van der Waals surface area contributed by atoms with Crippen molar-refractivity contribution >= 4 is 5.97 Å². The lowest BCUT2D eigenvalue weighted by Crippen LogP contribution is -2.28. The Labute approximate surface area is 98.4 Å². The predicted octanol–water partition coefficient (Wildman–Crippen LogP) is 1.65. The SMILES string of the molecule is O=C(O)c1c(F)cccc1OCC1CCCN1. The largest absolute Gasteiger partial charge is 0.491 e. The standard InChI is InChI=1S/C12H14FNO3/c13-9-4-1-5-10(11(9)12(15)16)17-7-8-3-2-6-14-8/h1,4-5,8,14H,2-3,6-7H2,(H,15,16). The van der Waals surface area contributed by atoms with Crippen molar-refractivity contribution in [2.75, 3.05) is 13.2 Å². The predicted molar refractivity (Wildman–Crippen MR) is 59.9 cm³/mol. The number of aromatic carboxylic acids is 1. The number of hydrogen-bond acceptors (Lipinski definition) is 3. The molecule has 1 heterocycles. The van der Waals surface area contributed by atoms with Crippen LogP contribution >= 0.6 is 0 Å². The van der Waals surface area contributed by atoms with E-state index in [0.717, 1.165) is 25.5 Å². The fourth-order valence-corrected chi connectivity index (χ4v) is 1.92. The Hall–Kier alpha value is -1.62. The summed E-state index contributed by atoms with van der Waals surface area (Å²) in [4.78, 5) is 10.9. The average molecular weight is 239 g/mol. The maximum absolute atomic E-state index is 13.3. The van der Waals surface area contributed by atoms with E-state index in [1.165, 1.54) is 12.1 Å². The molecular formula is C12H14FNO3. The van der Waals surface area contributed by atoms with Gasteiger partial charge in [0.15, 0.2) is 0 Å². The second-order valence-corrected chi connectivity index (χ2v) is 4.02. The van der Waals surface area contributed by atoms with Crippen LogP contribution in [0.5, 0.6) is 5.75 Å². The Kier molecular flexibility index (Phi) is 3.58.